The number of hydrogen-bond acceptors (Lipinski definition) is 2. The summed E-state index contributed by atoms with van der Waals surface area (Å²) >= 11 is 0. The van der Waals surface area contributed by atoms with Crippen LogP contribution >= 0.6 is 0 Å². The molecule has 1 N–H and O–H groups in total. The number of carboxylic acids is 1. The van der Waals surface area contributed by atoms with Gasteiger partial charge in [-0.25, -0.2) is 9.37 Å². The molecule has 0 spiro atoms. The third-order valence-electron chi connectivity index (χ3n) is 2.37. The van der Waals surface area contributed by atoms with E-state index in [0.29, 0.717) is 17.9 Å². The maximum absolute atomic E-state index is 13.1. The molecule has 0 aliphatic heterocycles. The molecule has 0 unspecified atom stereocenters. The second kappa shape index (κ2) is 4.78. The number of aliphatic carboxylic acids is 1. The molecular formula is C12H11FN2O2. The molecule has 0 radical (unpaired) electrons. The number of carbonyl (C=O) groups is 1. The largest absolute Gasteiger partial charge is 0.481 e. The molecule has 88 valence electrons. The first kappa shape index (κ1) is 11.3. The lowest BCUT2D eigenvalue weighted by Gasteiger charge is -2.06. The Labute approximate surface area is 97.3 Å². The van der Waals surface area contributed by atoms with Gasteiger partial charge in [-0.2, -0.15) is 0 Å². The number of halogens is 1. The Hall–Kier alpha value is -2.17. The van der Waals surface area contributed by atoms with Gasteiger partial charge in [-0.15, -0.1) is 0 Å². The summed E-state index contributed by atoms with van der Waals surface area (Å²) in [6.45, 7) is 0. The van der Waals surface area contributed by atoms with Crippen LogP contribution in [-0.2, 0) is 11.2 Å². The highest BCUT2D eigenvalue weighted by Crippen LogP contribution is 2.13. The third kappa shape index (κ3) is 2.69. The molecule has 1 aromatic heterocycles. The maximum Gasteiger partial charge on any atom is 0.303 e. The zero-order chi connectivity index (χ0) is 12.3. The molecule has 5 heteroatoms. The molecule has 0 saturated heterocycles. The lowest BCUT2D eigenvalue weighted by atomic mass is 10.2. The van der Waals surface area contributed by atoms with E-state index in [1.54, 1.807) is 29.1 Å². The number of carboxylic acid groups (broad SMARTS) is 1. The predicted molar refractivity (Wildman–Crippen MR) is 59.5 cm³/mol. The molecule has 1 heterocycles. The minimum atomic E-state index is -0.876. The summed E-state index contributed by atoms with van der Waals surface area (Å²) in [5.74, 6) is -0.600. The summed E-state index contributed by atoms with van der Waals surface area (Å²) in [4.78, 5) is 14.6. The molecule has 17 heavy (non-hydrogen) atoms. The SMILES string of the molecule is O=C(O)CCc1nccn1-c1cccc(F)c1. The molecule has 4 nitrogen and oxygen atoms in total. The number of benzene rings is 1. The molecular weight excluding hydrogens is 223 g/mol. The Kier molecular flexibility index (Phi) is 3.18. The van der Waals surface area contributed by atoms with Gasteiger partial charge < -0.3 is 9.67 Å². The molecule has 0 atom stereocenters. The van der Waals surface area contributed by atoms with Crippen molar-refractivity contribution in [2.45, 2.75) is 12.8 Å². The summed E-state index contributed by atoms with van der Waals surface area (Å²) in [5.41, 5.74) is 0.642. The number of aromatic nitrogens is 2. The van der Waals surface area contributed by atoms with Crippen LogP contribution in [0.1, 0.15) is 12.2 Å². The Morgan fingerprint density at radius 1 is 1.47 bits per heavy atom. The maximum atomic E-state index is 13.1. The average Bonchev–Trinajstić information content (AvgIpc) is 2.74. The summed E-state index contributed by atoms with van der Waals surface area (Å²) in [6.07, 6.45) is 3.58. The first-order valence-electron chi connectivity index (χ1n) is 5.17. The Morgan fingerprint density at radius 2 is 2.29 bits per heavy atom. The average molecular weight is 234 g/mol. The molecule has 0 aliphatic rings. The van der Waals surface area contributed by atoms with Gasteiger partial charge in [0.15, 0.2) is 0 Å². The fourth-order valence-corrected chi connectivity index (χ4v) is 1.60. The number of aryl methyl sites for hydroxylation is 1. The number of nitrogens with zero attached hydrogens (tertiary/aromatic N) is 2. The highest BCUT2D eigenvalue weighted by Gasteiger charge is 2.07. The van der Waals surface area contributed by atoms with Crippen molar-refractivity contribution in [3.8, 4) is 5.69 Å². The molecule has 0 aliphatic carbocycles. The highest BCUT2D eigenvalue weighted by molar-refractivity contribution is 5.66. The van der Waals surface area contributed by atoms with Gasteiger partial charge in [0, 0.05) is 24.5 Å². The lowest BCUT2D eigenvalue weighted by Crippen LogP contribution is -2.04. The van der Waals surface area contributed by atoms with E-state index in [1.807, 2.05) is 0 Å². The van der Waals surface area contributed by atoms with Crippen molar-refractivity contribution in [1.82, 2.24) is 9.55 Å². The summed E-state index contributed by atoms with van der Waals surface area (Å²) in [5, 5.41) is 8.62. The topological polar surface area (TPSA) is 55.1 Å². The second-order valence-electron chi connectivity index (χ2n) is 3.59. The van der Waals surface area contributed by atoms with Crippen molar-refractivity contribution >= 4 is 5.97 Å². The zero-order valence-electron chi connectivity index (χ0n) is 9.01. The molecule has 0 fully saturated rings. The Morgan fingerprint density at radius 3 is 3.00 bits per heavy atom. The van der Waals surface area contributed by atoms with Crippen LogP contribution in [0.5, 0.6) is 0 Å². The van der Waals surface area contributed by atoms with E-state index in [2.05, 4.69) is 4.98 Å². The van der Waals surface area contributed by atoms with E-state index in [0.717, 1.165) is 0 Å². The van der Waals surface area contributed by atoms with Crippen LogP contribution in [0.15, 0.2) is 36.7 Å². The number of hydrogen-bond donors (Lipinski definition) is 1. The van der Waals surface area contributed by atoms with Gasteiger partial charge in [-0.1, -0.05) is 6.07 Å². The first-order chi connectivity index (χ1) is 8.16. The second-order valence-corrected chi connectivity index (χ2v) is 3.59. The van der Waals surface area contributed by atoms with E-state index in [9.17, 15) is 9.18 Å². The highest BCUT2D eigenvalue weighted by atomic mass is 19.1. The van der Waals surface area contributed by atoms with Crippen molar-refractivity contribution in [3.05, 3.63) is 48.3 Å². The molecule has 0 bridgehead atoms. The van der Waals surface area contributed by atoms with Crippen molar-refractivity contribution in [3.63, 3.8) is 0 Å². The molecule has 0 saturated carbocycles. The fourth-order valence-electron chi connectivity index (χ4n) is 1.60. The van der Waals surface area contributed by atoms with Crippen LogP contribution in [0.4, 0.5) is 4.39 Å². The van der Waals surface area contributed by atoms with E-state index in [1.165, 1.54) is 12.1 Å². The predicted octanol–water partition coefficient (Wildman–Crippen LogP) is 2.03. The van der Waals surface area contributed by atoms with E-state index in [4.69, 9.17) is 5.11 Å². The van der Waals surface area contributed by atoms with Gasteiger partial charge in [-0.05, 0) is 18.2 Å². The quantitative estimate of drug-likeness (QED) is 0.880. The smallest absolute Gasteiger partial charge is 0.303 e. The first-order valence-corrected chi connectivity index (χ1v) is 5.17. The van der Waals surface area contributed by atoms with Gasteiger partial charge in [0.1, 0.15) is 11.6 Å². The van der Waals surface area contributed by atoms with Crippen LogP contribution < -0.4 is 0 Å². The molecule has 2 rings (SSSR count). The Bertz CT molecular complexity index is 537. The summed E-state index contributed by atoms with van der Waals surface area (Å²) in [7, 11) is 0. The van der Waals surface area contributed by atoms with Gasteiger partial charge in [0.05, 0.1) is 6.42 Å². The molecule has 0 amide bonds. The van der Waals surface area contributed by atoms with Crippen molar-refractivity contribution in [2.24, 2.45) is 0 Å². The van der Waals surface area contributed by atoms with Crippen molar-refractivity contribution in [1.29, 1.82) is 0 Å². The Balaban J connectivity index is 2.27. The number of rotatable bonds is 4. The van der Waals surface area contributed by atoms with Crippen LogP contribution in [0, 0.1) is 5.82 Å². The van der Waals surface area contributed by atoms with Crippen LogP contribution in [0.2, 0.25) is 0 Å². The van der Waals surface area contributed by atoms with Crippen LogP contribution in [0.3, 0.4) is 0 Å². The van der Waals surface area contributed by atoms with E-state index >= 15 is 0 Å². The van der Waals surface area contributed by atoms with Gasteiger partial charge >= 0.3 is 5.97 Å². The fraction of sp³-hybridized carbons (Fsp3) is 0.167. The normalized spacial score (nSPS) is 10.4. The molecule has 2 aromatic rings. The van der Waals surface area contributed by atoms with Gasteiger partial charge in [-0.3, -0.25) is 4.79 Å². The van der Waals surface area contributed by atoms with E-state index in [-0.39, 0.29) is 12.2 Å². The minimum Gasteiger partial charge on any atom is -0.481 e. The van der Waals surface area contributed by atoms with Crippen LogP contribution in [-0.4, -0.2) is 20.6 Å². The summed E-state index contributed by atoms with van der Waals surface area (Å²) in [6, 6.07) is 6.09. The minimum absolute atomic E-state index is 0.00628. The van der Waals surface area contributed by atoms with Gasteiger partial charge in [0.25, 0.3) is 0 Å². The molecule has 1 aromatic carbocycles. The van der Waals surface area contributed by atoms with Crippen molar-refractivity contribution in [2.75, 3.05) is 0 Å². The lowest BCUT2D eigenvalue weighted by molar-refractivity contribution is -0.137. The van der Waals surface area contributed by atoms with Crippen LogP contribution in [0.25, 0.3) is 5.69 Å². The van der Waals surface area contributed by atoms with Crippen molar-refractivity contribution < 1.29 is 14.3 Å². The number of imidazole rings is 1. The summed E-state index contributed by atoms with van der Waals surface area (Å²) < 4.78 is 14.8. The zero-order valence-corrected chi connectivity index (χ0v) is 9.01. The standard InChI is InChI=1S/C12H11FN2O2/c13-9-2-1-3-10(8-9)15-7-6-14-11(15)4-5-12(16)17/h1-3,6-8H,4-5H2,(H,16,17). The van der Waals surface area contributed by atoms with Gasteiger partial charge in [0.2, 0.25) is 0 Å². The monoisotopic (exact) mass is 234 g/mol. The van der Waals surface area contributed by atoms with E-state index < -0.39 is 5.97 Å². The third-order valence-corrected chi connectivity index (χ3v) is 2.37.